The van der Waals surface area contributed by atoms with Crippen molar-refractivity contribution in [2.45, 2.75) is 284 Å². The van der Waals surface area contributed by atoms with Gasteiger partial charge in [-0.15, -0.1) is 0 Å². The van der Waals surface area contributed by atoms with Crippen LogP contribution in [0.15, 0.2) is 170 Å². The quantitative estimate of drug-likeness (QED) is 0.0261. The minimum atomic E-state index is -0.843. The van der Waals surface area contributed by atoms with E-state index in [9.17, 15) is 14.4 Å². The third-order valence-corrected chi connectivity index (χ3v) is 13.7. The van der Waals surface area contributed by atoms with Gasteiger partial charge in [-0.05, 0) is 135 Å². The summed E-state index contributed by atoms with van der Waals surface area (Å²) in [7, 11) is 0. The fourth-order valence-electron chi connectivity index (χ4n) is 8.76. The first kappa shape index (κ1) is 77.8. The molecule has 0 aliphatic heterocycles. The lowest BCUT2D eigenvalue weighted by molar-refractivity contribution is -0.166. The highest BCUT2D eigenvalue weighted by molar-refractivity contribution is 5.72. The van der Waals surface area contributed by atoms with Crippen molar-refractivity contribution in [3.05, 3.63) is 170 Å². The highest BCUT2D eigenvalue weighted by Crippen LogP contribution is 2.15. The number of carbonyl (C=O) groups excluding carboxylic acids is 3. The van der Waals surface area contributed by atoms with Crippen molar-refractivity contribution in [1.82, 2.24) is 0 Å². The van der Waals surface area contributed by atoms with E-state index in [0.29, 0.717) is 12.8 Å². The maximum Gasteiger partial charge on any atom is 0.309 e. The number of unbranched alkanes of at least 4 members (excludes halogenated alkanes) is 21. The SMILES string of the molecule is CC/C=C\C/C=C\C/C=C\C/C=C\C/C=C\C/C=C\C/C=C\CCCCCC(=O)OCC(COC(=O)C/C=C\C/C=C\C/C=C\C/C=C\C/C=C\CC)OC(=O)CCCCCCCCCCCCCCC/C=C\C/C=C\CCCCCCC. The summed E-state index contributed by atoms with van der Waals surface area (Å²) in [6, 6.07) is 0. The summed E-state index contributed by atoms with van der Waals surface area (Å²) in [6.45, 7) is 6.29. The number of hydrogen-bond donors (Lipinski definition) is 0. The number of allylic oxidation sites excluding steroid dienone is 27. The van der Waals surface area contributed by atoms with Gasteiger partial charge in [0.2, 0.25) is 0 Å². The summed E-state index contributed by atoms with van der Waals surface area (Å²) < 4.78 is 16.8. The summed E-state index contributed by atoms with van der Waals surface area (Å²) in [4.78, 5) is 38.3. The molecule has 0 radical (unpaired) electrons. The predicted octanol–water partition coefficient (Wildman–Crippen LogP) is 23.4. The molecule has 0 aromatic carbocycles. The van der Waals surface area contributed by atoms with Crippen LogP contribution in [-0.2, 0) is 28.6 Å². The highest BCUT2D eigenvalue weighted by atomic mass is 16.6. The second-order valence-electron chi connectivity index (χ2n) is 21.6. The average molecular weight is 1140 g/mol. The molecular formula is C77H122O6. The number of rotatable bonds is 59. The first-order chi connectivity index (χ1) is 41.0. The van der Waals surface area contributed by atoms with Crippen molar-refractivity contribution in [2.75, 3.05) is 13.2 Å². The van der Waals surface area contributed by atoms with Crippen molar-refractivity contribution >= 4 is 17.9 Å². The molecule has 1 unspecified atom stereocenters. The smallest absolute Gasteiger partial charge is 0.309 e. The van der Waals surface area contributed by atoms with Crippen molar-refractivity contribution in [3.8, 4) is 0 Å². The molecule has 0 rings (SSSR count). The fourth-order valence-corrected chi connectivity index (χ4v) is 8.76. The minimum Gasteiger partial charge on any atom is -0.462 e. The van der Waals surface area contributed by atoms with Gasteiger partial charge in [0.25, 0.3) is 0 Å². The van der Waals surface area contributed by atoms with E-state index in [0.717, 1.165) is 128 Å². The standard InChI is InChI=1S/C77H122O6/c1-4-7-10-13-16-19-22-25-28-30-32-34-36-38-40-42-44-46-49-52-55-58-61-64-67-70-76(79)82-73-74(72-81-75(78)69-66-63-60-57-54-51-48-27-24-21-18-15-12-9-6-3)83-77(80)71-68-65-62-59-56-53-50-47-45-43-41-39-37-35-33-31-29-26-23-20-17-14-11-8-5-2/h7,9-10,12,16,18-19,21,23,25-28,31-34,38,40,44,46,48,52,54-55,57,63,66,74H,4-6,8,11,13-15,17,20,22,24,29-30,35-37,39,41-43,45,47,49-51,53,56,58-62,64-65,67-73H2,1-3H3/b10-7-,12-9-,19-16-,21-18-,26-23-,28-25-,33-31-,34-32-,40-38-,46-44-,48-27-,55-52-,57-54-,66-63-. The van der Waals surface area contributed by atoms with E-state index in [1.54, 1.807) is 6.08 Å². The molecule has 0 fully saturated rings. The molecule has 0 bridgehead atoms. The van der Waals surface area contributed by atoms with Crippen LogP contribution in [0.4, 0.5) is 0 Å². The van der Waals surface area contributed by atoms with Crippen molar-refractivity contribution < 1.29 is 28.6 Å². The Labute approximate surface area is 511 Å². The van der Waals surface area contributed by atoms with Crippen LogP contribution in [0, 0.1) is 0 Å². The number of hydrogen-bond acceptors (Lipinski definition) is 6. The summed E-state index contributed by atoms with van der Waals surface area (Å²) in [6.07, 6.45) is 103. The largest absolute Gasteiger partial charge is 0.462 e. The lowest BCUT2D eigenvalue weighted by atomic mass is 10.0. The zero-order chi connectivity index (χ0) is 59.9. The van der Waals surface area contributed by atoms with Gasteiger partial charge in [0, 0.05) is 12.8 Å². The zero-order valence-corrected chi connectivity index (χ0v) is 53.4. The van der Waals surface area contributed by atoms with E-state index in [1.165, 1.54) is 109 Å². The Hall–Kier alpha value is -5.23. The molecule has 0 spiro atoms. The third-order valence-electron chi connectivity index (χ3n) is 13.7. The van der Waals surface area contributed by atoms with Gasteiger partial charge in [-0.2, -0.15) is 0 Å². The van der Waals surface area contributed by atoms with E-state index in [-0.39, 0.29) is 31.6 Å². The summed E-state index contributed by atoms with van der Waals surface area (Å²) in [5.41, 5.74) is 0. The Morgan fingerprint density at radius 2 is 0.518 bits per heavy atom. The normalized spacial score (nSPS) is 13.2. The maximum atomic E-state index is 12.9. The number of ether oxygens (including phenoxy) is 3. The van der Waals surface area contributed by atoms with Crippen molar-refractivity contribution in [1.29, 1.82) is 0 Å². The molecule has 0 saturated carbocycles. The van der Waals surface area contributed by atoms with Gasteiger partial charge in [-0.3, -0.25) is 14.4 Å². The molecule has 0 heterocycles. The molecule has 0 aromatic rings. The molecule has 0 aliphatic carbocycles. The van der Waals surface area contributed by atoms with Gasteiger partial charge >= 0.3 is 17.9 Å². The lowest BCUT2D eigenvalue weighted by Crippen LogP contribution is -2.30. The predicted molar refractivity (Wildman–Crippen MR) is 361 cm³/mol. The molecule has 1 atom stereocenters. The van der Waals surface area contributed by atoms with Gasteiger partial charge in [0.1, 0.15) is 13.2 Å². The molecule has 6 nitrogen and oxygen atoms in total. The number of carbonyl (C=O) groups is 3. The second kappa shape index (κ2) is 69.3. The molecule has 0 aliphatic rings. The molecule has 83 heavy (non-hydrogen) atoms. The van der Waals surface area contributed by atoms with Crippen LogP contribution in [0.3, 0.4) is 0 Å². The van der Waals surface area contributed by atoms with Gasteiger partial charge in [-0.1, -0.05) is 294 Å². The van der Waals surface area contributed by atoms with E-state index in [2.05, 4.69) is 179 Å². The molecule has 6 heteroatoms. The lowest BCUT2D eigenvalue weighted by Gasteiger charge is -2.18. The Balaban J connectivity index is 4.50. The van der Waals surface area contributed by atoms with Crippen molar-refractivity contribution in [2.24, 2.45) is 0 Å². The Bertz CT molecular complexity index is 1890. The summed E-state index contributed by atoms with van der Waals surface area (Å²) >= 11 is 0. The Morgan fingerprint density at radius 3 is 0.855 bits per heavy atom. The van der Waals surface area contributed by atoms with E-state index >= 15 is 0 Å². The highest BCUT2D eigenvalue weighted by Gasteiger charge is 2.19. The van der Waals surface area contributed by atoms with E-state index in [4.69, 9.17) is 14.2 Å². The maximum absolute atomic E-state index is 12.9. The first-order valence-corrected chi connectivity index (χ1v) is 33.6. The number of esters is 3. The molecule has 0 N–H and O–H groups in total. The van der Waals surface area contributed by atoms with Gasteiger partial charge < -0.3 is 14.2 Å². The molecule has 0 amide bonds. The van der Waals surface area contributed by atoms with Crippen LogP contribution in [0.25, 0.3) is 0 Å². The van der Waals surface area contributed by atoms with E-state index in [1.807, 2.05) is 6.08 Å². The molecule has 0 aromatic heterocycles. The monoisotopic (exact) mass is 1140 g/mol. The van der Waals surface area contributed by atoms with Gasteiger partial charge in [-0.25, -0.2) is 0 Å². The average Bonchev–Trinajstić information content (AvgIpc) is 3.49. The van der Waals surface area contributed by atoms with Crippen molar-refractivity contribution in [3.63, 3.8) is 0 Å². The van der Waals surface area contributed by atoms with Gasteiger partial charge in [0.05, 0.1) is 6.42 Å². The van der Waals surface area contributed by atoms with Crippen LogP contribution in [0.1, 0.15) is 278 Å². The van der Waals surface area contributed by atoms with Crippen LogP contribution in [0.5, 0.6) is 0 Å². The molecular weight excluding hydrogens is 1020 g/mol. The second-order valence-corrected chi connectivity index (χ2v) is 21.6. The third kappa shape index (κ3) is 67.4. The topological polar surface area (TPSA) is 78.9 Å². The minimum absolute atomic E-state index is 0.113. The summed E-state index contributed by atoms with van der Waals surface area (Å²) in [5, 5.41) is 0. The first-order valence-electron chi connectivity index (χ1n) is 33.6. The zero-order valence-electron chi connectivity index (χ0n) is 53.4. The van der Waals surface area contributed by atoms with Crippen LogP contribution >= 0.6 is 0 Å². The van der Waals surface area contributed by atoms with E-state index < -0.39 is 12.1 Å². The van der Waals surface area contributed by atoms with Crippen LogP contribution in [-0.4, -0.2) is 37.2 Å². The fraction of sp³-hybridized carbons (Fsp3) is 0.597. The van der Waals surface area contributed by atoms with Crippen LogP contribution < -0.4 is 0 Å². The Kier molecular flexibility index (Phi) is 64.9. The van der Waals surface area contributed by atoms with Crippen LogP contribution in [0.2, 0.25) is 0 Å². The molecule has 466 valence electrons. The summed E-state index contributed by atoms with van der Waals surface area (Å²) in [5.74, 6) is -1.10. The Morgan fingerprint density at radius 1 is 0.265 bits per heavy atom. The van der Waals surface area contributed by atoms with Gasteiger partial charge in [0.15, 0.2) is 6.10 Å². The molecule has 0 saturated heterocycles.